The van der Waals surface area contributed by atoms with Crippen molar-refractivity contribution in [3.05, 3.63) is 80.1 Å². The predicted molar refractivity (Wildman–Crippen MR) is 138 cm³/mol. The molecule has 0 spiro atoms. The Morgan fingerprint density at radius 3 is 2.61 bits per heavy atom. The average molecular weight is 510 g/mol. The molecule has 2 atom stereocenters. The molecule has 0 saturated heterocycles. The number of rotatable bonds is 7. The Balaban J connectivity index is 1.54. The highest BCUT2D eigenvalue weighted by Gasteiger charge is 2.28. The zero-order valence-electron chi connectivity index (χ0n) is 20.0. The van der Waals surface area contributed by atoms with Gasteiger partial charge in [-0.05, 0) is 67.2 Å². The highest BCUT2D eigenvalue weighted by molar-refractivity contribution is 7.10. The number of amidine groups is 1. The Labute approximate surface area is 211 Å². The number of carbonyl (C=O) groups is 2. The first-order valence-corrected chi connectivity index (χ1v) is 12.1. The second kappa shape index (κ2) is 10.1. The Bertz CT molecular complexity index is 1420. The van der Waals surface area contributed by atoms with Crippen LogP contribution >= 0.6 is 11.5 Å². The minimum atomic E-state index is -1.46. The predicted octanol–water partition coefficient (Wildman–Crippen LogP) is 2.25. The van der Waals surface area contributed by atoms with Crippen molar-refractivity contribution in [2.75, 3.05) is 5.32 Å². The van der Waals surface area contributed by atoms with Gasteiger partial charge in [0.1, 0.15) is 16.4 Å². The number of nitrogens with zero attached hydrogens (tertiary/aromatic N) is 2. The van der Waals surface area contributed by atoms with E-state index in [0.717, 1.165) is 28.2 Å². The zero-order chi connectivity index (χ0) is 26.1. The van der Waals surface area contributed by atoms with Crippen molar-refractivity contribution in [3.63, 3.8) is 0 Å². The van der Waals surface area contributed by atoms with E-state index < -0.39 is 17.9 Å². The number of anilines is 2. The summed E-state index contributed by atoms with van der Waals surface area (Å²) in [5.74, 6) is -0.374. The number of benzene rings is 2. The number of fused-ring (bicyclic) bond motifs is 1. The zero-order valence-corrected chi connectivity index (χ0v) is 20.8. The number of aromatic nitrogens is 1. The summed E-state index contributed by atoms with van der Waals surface area (Å²) in [4.78, 5) is 43.0. The van der Waals surface area contributed by atoms with E-state index in [4.69, 9.17) is 5.73 Å². The summed E-state index contributed by atoms with van der Waals surface area (Å²) < 4.78 is 2.58. The number of aliphatic hydroxyl groups excluding tert-OH is 2. The van der Waals surface area contributed by atoms with Crippen LogP contribution in [0.3, 0.4) is 0 Å². The van der Waals surface area contributed by atoms with Gasteiger partial charge in [-0.2, -0.15) is 0 Å². The van der Waals surface area contributed by atoms with Crippen LogP contribution in [0.2, 0.25) is 0 Å². The molecular weight excluding hydrogens is 482 g/mol. The third kappa shape index (κ3) is 4.94. The first kappa shape index (κ1) is 25.3. The van der Waals surface area contributed by atoms with Gasteiger partial charge in [0.25, 0.3) is 11.5 Å². The highest BCUT2D eigenvalue weighted by Crippen LogP contribution is 2.30. The number of nitrogens with one attached hydrogen (secondary N) is 2. The Morgan fingerprint density at radius 2 is 1.94 bits per heavy atom. The number of H-pyrrole nitrogens is 1. The van der Waals surface area contributed by atoms with E-state index in [1.165, 1.54) is 13.8 Å². The van der Waals surface area contributed by atoms with E-state index >= 15 is 0 Å². The number of aryl methyl sites for hydroxylation is 1. The van der Waals surface area contributed by atoms with Crippen LogP contribution in [0.15, 0.2) is 46.2 Å². The molecule has 1 aromatic heterocycles. The molecule has 10 nitrogen and oxygen atoms in total. The van der Waals surface area contributed by atoms with E-state index in [9.17, 15) is 24.6 Å². The lowest BCUT2D eigenvalue weighted by atomic mass is 10.0. The molecule has 1 aliphatic rings. The van der Waals surface area contributed by atoms with Gasteiger partial charge in [0.2, 0.25) is 0 Å². The summed E-state index contributed by atoms with van der Waals surface area (Å²) in [6.45, 7) is 5.51. The lowest BCUT2D eigenvalue weighted by molar-refractivity contribution is 0.0376. The number of aromatic amines is 1. The normalized spacial score (nSPS) is 14.9. The molecule has 4 rings (SSSR count). The SMILES string of the molecule is CC(=O)c1cccc2c1CN(C(=O)c1ccc(Nc3s[nH]c(=O)c3C(N)=NC(O)C(C)O)cc1C)C2. The average Bonchev–Trinajstić information content (AvgIpc) is 3.41. The van der Waals surface area contributed by atoms with Gasteiger partial charge in [-0.3, -0.25) is 18.8 Å². The summed E-state index contributed by atoms with van der Waals surface area (Å²) in [5.41, 5.74) is 9.87. The van der Waals surface area contributed by atoms with E-state index in [1.54, 1.807) is 29.2 Å². The van der Waals surface area contributed by atoms with E-state index in [0.29, 0.717) is 34.9 Å². The second-order valence-corrected chi connectivity index (χ2v) is 9.54. The molecule has 11 heteroatoms. The number of amides is 1. The quantitative estimate of drug-likeness (QED) is 0.185. The van der Waals surface area contributed by atoms with Gasteiger partial charge in [0.15, 0.2) is 12.0 Å². The standard InChI is InChI=1S/C25H27N5O5S/c1-12-9-16(27-24-20(23(34)29-36-24)21(26)28-22(33)14(3)32)7-8-17(12)25(35)30-10-15-5-4-6-18(13(2)31)19(15)11-30/h4-9,14,22,27,32-33H,10-11H2,1-3H3,(H2,26,28)(H,29,34). The summed E-state index contributed by atoms with van der Waals surface area (Å²) in [7, 11) is 0. The van der Waals surface area contributed by atoms with Crippen LogP contribution in [-0.2, 0) is 13.1 Å². The number of carbonyl (C=O) groups excluding carboxylic acids is 2. The fourth-order valence-corrected chi connectivity index (χ4v) is 4.88. The number of aliphatic imine (C=N–C) groups is 1. The maximum Gasteiger partial charge on any atom is 0.271 e. The minimum Gasteiger partial charge on any atom is -0.389 e. The van der Waals surface area contributed by atoms with Gasteiger partial charge in [0, 0.05) is 29.9 Å². The van der Waals surface area contributed by atoms with E-state index in [1.807, 2.05) is 19.1 Å². The van der Waals surface area contributed by atoms with Crippen molar-refractivity contribution in [1.29, 1.82) is 0 Å². The second-order valence-electron chi connectivity index (χ2n) is 8.72. The molecule has 2 unspecified atom stereocenters. The van der Waals surface area contributed by atoms with Crippen LogP contribution in [0.25, 0.3) is 0 Å². The van der Waals surface area contributed by atoms with Crippen LogP contribution in [-0.4, -0.2) is 49.3 Å². The molecule has 6 N–H and O–H groups in total. The molecular formula is C25H27N5O5S. The molecule has 3 aromatic rings. The first-order chi connectivity index (χ1) is 17.1. The van der Waals surface area contributed by atoms with Gasteiger partial charge >= 0.3 is 0 Å². The van der Waals surface area contributed by atoms with Gasteiger partial charge in [-0.15, -0.1) is 0 Å². The fraction of sp³-hybridized carbons (Fsp3) is 0.280. The number of hydrogen-bond donors (Lipinski definition) is 5. The van der Waals surface area contributed by atoms with Gasteiger partial charge in [-0.1, -0.05) is 18.2 Å². The summed E-state index contributed by atoms with van der Waals surface area (Å²) in [6, 6.07) is 10.8. The summed E-state index contributed by atoms with van der Waals surface area (Å²) in [6.07, 6.45) is -2.62. The van der Waals surface area contributed by atoms with Crippen molar-refractivity contribution >= 4 is 39.7 Å². The Morgan fingerprint density at radius 1 is 1.19 bits per heavy atom. The van der Waals surface area contributed by atoms with Crippen molar-refractivity contribution < 1.29 is 19.8 Å². The van der Waals surface area contributed by atoms with Crippen molar-refractivity contribution in [2.45, 2.75) is 46.2 Å². The van der Waals surface area contributed by atoms with E-state index in [2.05, 4.69) is 14.7 Å². The molecule has 0 aliphatic carbocycles. The molecule has 0 bridgehead atoms. The van der Waals surface area contributed by atoms with Gasteiger partial charge in [-0.25, -0.2) is 4.99 Å². The molecule has 0 radical (unpaired) electrons. The Hall–Kier alpha value is -3.80. The number of aliphatic hydroxyl groups is 2. The smallest absolute Gasteiger partial charge is 0.271 e. The van der Waals surface area contributed by atoms with Crippen molar-refractivity contribution in [2.24, 2.45) is 10.7 Å². The largest absolute Gasteiger partial charge is 0.389 e. The van der Waals surface area contributed by atoms with Crippen LogP contribution in [0.1, 0.15) is 56.8 Å². The van der Waals surface area contributed by atoms with Gasteiger partial charge in [0.05, 0.1) is 6.10 Å². The number of Topliss-reactive ketones (excluding diaryl/α,β-unsaturated/α-hetero) is 1. The first-order valence-electron chi connectivity index (χ1n) is 11.3. The topological polar surface area (TPSA) is 161 Å². The molecule has 36 heavy (non-hydrogen) atoms. The van der Waals surface area contributed by atoms with Crippen molar-refractivity contribution in [3.8, 4) is 0 Å². The number of nitrogens with two attached hydrogens (primary N) is 1. The number of hydrogen-bond acceptors (Lipinski definition) is 8. The lowest BCUT2D eigenvalue weighted by Gasteiger charge is -2.18. The maximum atomic E-state index is 13.3. The molecule has 2 aromatic carbocycles. The molecule has 0 fully saturated rings. The summed E-state index contributed by atoms with van der Waals surface area (Å²) in [5, 5.41) is 22.7. The van der Waals surface area contributed by atoms with Gasteiger partial charge < -0.3 is 26.2 Å². The third-order valence-electron chi connectivity index (χ3n) is 6.02. The Kier molecular flexibility index (Phi) is 7.07. The van der Waals surface area contributed by atoms with E-state index in [-0.39, 0.29) is 23.1 Å². The molecule has 2 heterocycles. The molecule has 1 amide bonds. The minimum absolute atomic E-state index is 0.0229. The van der Waals surface area contributed by atoms with Crippen LogP contribution in [0, 0.1) is 6.92 Å². The molecule has 0 saturated carbocycles. The maximum absolute atomic E-state index is 13.3. The third-order valence-corrected chi connectivity index (χ3v) is 6.82. The summed E-state index contributed by atoms with van der Waals surface area (Å²) >= 11 is 1.01. The van der Waals surface area contributed by atoms with Crippen molar-refractivity contribution in [1.82, 2.24) is 9.27 Å². The highest BCUT2D eigenvalue weighted by atomic mass is 32.1. The van der Waals surface area contributed by atoms with Crippen LogP contribution in [0.4, 0.5) is 10.7 Å². The fourth-order valence-electron chi connectivity index (χ4n) is 4.12. The monoisotopic (exact) mass is 509 g/mol. The number of ketones is 1. The lowest BCUT2D eigenvalue weighted by Crippen LogP contribution is -2.28. The van der Waals surface area contributed by atoms with Crippen LogP contribution < -0.4 is 16.6 Å². The molecule has 188 valence electrons. The molecule has 1 aliphatic heterocycles. The van der Waals surface area contributed by atoms with Crippen LogP contribution in [0.5, 0.6) is 0 Å².